The Labute approximate surface area is 230 Å². The number of methoxy groups -OCH3 is 3. The van der Waals surface area contributed by atoms with Crippen LogP contribution in [0.3, 0.4) is 0 Å². The number of hydrogen-bond acceptors (Lipinski definition) is 6. The van der Waals surface area contributed by atoms with Crippen molar-refractivity contribution in [1.82, 2.24) is 5.32 Å². The molecular weight excluding hydrogens is 490 g/mol. The van der Waals surface area contributed by atoms with Crippen LogP contribution >= 0.6 is 0 Å². The third-order valence-corrected chi connectivity index (χ3v) is 7.04. The van der Waals surface area contributed by atoms with E-state index in [9.17, 15) is 0 Å². The Morgan fingerprint density at radius 1 is 0.641 bits per heavy atom. The molecule has 4 aromatic rings. The van der Waals surface area contributed by atoms with Crippen molar-refractivity contribution in [2.24, 2.45) is 0 Å². The van der Waals surface area contributed by atoms with Crippen molar-refractivity contribution in [2.75, 3.05) is 27.9 Å². The monoisotopic (exact) mass is 525 g/mol. The molecule has 1 N–H and O–H groups in total. The fourth-order valence-corrected chi connectivity index (χ4v) is 5.07. The first kappa shape index (κ1) is 26.4. The van der Waals surface area contributed by atoms with E-state index in [1.807, 2.05) is 42.5 Å². The van der Waals surface area contributed by atoms with Gasteiger partial charge in [-0.05, 0) is 59.8 Å². The lowest BCUT2D eigenvalue weighted by Crippen LogP contribution is -2.31. The van der Waals surface area contributed by atoms with E-state index in [1.165, 1.54) is 0 Å². The van der Waals surface area contributed by atoms with Crippen LogP contribution in [0.5, 0.6) is 28.7 Å². The lowest BCUT2D eigenvalue weighted by Gasteiger charge is -2.30. The molecule has 0 aromatic heterocycles. The summed E-state index contributed by atoms with van der Waals surface area (Å²) >= 11 is 0. The highest BCUT2D eigenvalue weighted by Gasteiger charge is 2.28. The first-order valence-corrected chi connectivity index (χ1v) is 13.2. The fourth-order valence-electron chi connectivity index (χ4n) is 5.07. The van der Waals surface area contributed by atoms with E-state index in [-0.39, 0.29) is 6.04 Å². The molecule has 0 saturated heterocycles. The molecular formula is C33H35NO5. The second-order valence-electron chi connectivity index (χ2n) is 9.50. The number of benzene rings is 4. The zero-order chi connectivity index (χ0) is 27.0. The Morgan fingerprint density at radius 3 is 1.95 bits per heavy atom. The molecule has 0 radical (unpaired) electrons. The number of fused-ring (bicyclic) bond motifs is 1. The molecule has 0 saturated carbocycles. The largest absolute Gasteiger partial charge is 0.493 e. The van der Waals surface area contributed by atoms with Gasteiger partial charge in [0, 0.05) is 11.6 Å². The van der Waals surface area contributed by atoms with Gasteiger partial charge in [0.25, 0.3) is 0 Å². The average Bonchev–Trinajstić information content (AvgIpc) is 2.99. The topological polar surface area (TPSA) is 58.2 Å². The van der Waals surface area contributed by atoms with Crippen LogP contribution in [0, 0.1) is 0 Å². The smallest absolute Gasteiger partial charge is 0.203 e. The molecule has 0 spiro atoms. The van der Waals surface area contributed by atoms with Gasteiger partial charge in [-0.3, -0.25) is 0 Å². The quantitative estimate of drug-likeness (QED) is 0.248. The van der Waals surface area contributed by atoms with Gasteiger partial charge < -0.3 is 29.0 Å². The summed E-state index contributed by atoms with van der Waals surface area (Å²) in [4.78, 5) is 0. The molecule has 39 heavy (non-hydrogen) atoms. The van der Waals surface area contributed by atoms with Gasteiger partial charge in [-0.1, -0.05) is 66.7 Å². The minimum absolute atomic E-state index is 0.0722. The molecule has 1 aliphatic rings. The van der Waals surface area contributed by atoms with Gasteiger partial charge in [-0.2, -0.15) is 0 Å². The fraction of sp³-hybridized carbons (Fsp3) is 0.273. The summed E-state index contributed by atoms with van der Waals surface area (Å²) in [6, 6.07) is 28.6. The van der Waals surface area contributed by atoms with Crippen LogP contribution in [0.2, 0.25) is 0 Å². The molecule has 4 aromatic carbocycles. The highest BCUT2D eigenvalue weighted by Crippen LogP contribution is 2.46. The molecule has 1 unspecified atom stereocenters. The van der Waals surface area contributed by atoms with Gasteiger partial charge in [0.2, 0.25) is 5.75 Å². The van der Waals surface area contributed by atoms with Crippen LogP contribution in [0.1, 0.15) is 33.9 Å². The summed E-state index contributed by atoms with van der Waals surface area (Å²) in [5.41, 5.74) is 5.66. The van der Waals surface area contributed by atoms with Crippen LogP contribution in [-0.4, -0.2) is 27.9 Å². The minimum Gasteiger partial charge on any atom is -0.493 e. The van der Waals surface area contributed by atoms with Crippen molar-refractivity contribution in [3.63, 3.8) is 0 Å². The van der Waals surface area contributed by atoms with Crippen molar-refractivity contribution in [1.29, 1.82) is 0 Å². The second kappa shape index (κ2) is 12.6. The van der Waals surface area contributed by atoms with Crippen molar-refractivity contribution in [3.05, 3.63) is 113 Å². The van der Waals surface area contributed by atoms with Gasteiger partial charge in [0.15, 0.2) is 23.0 Å². The highest BCUT2D eigenvalue weighted by atomic mass is 16.5. The summed E-state index contributed by atoms with van der Waals surface area (Å²) in [6.07, 6.45) is 1.61. The van der Waals surface area contributed by atoms with Crippen molar-refractivity contribution in [2.45, 2.75) is 32.1 Å². The first-order valence-electron chi connectivity index (χ1n) is 13.2. The third kappa shape index (κ3) is 6.13. The minimum atomic E-state index is 0.0722. The van der Waals surface area contributed by atoms with Crippen LogP contribution in [0.25, 0.3) is 0 Å². The number of rotatable bonds is 11. The number of ether oxygens (including phenoxy) is 5. The Balaban J connectivity index is 1.42. The summed E-state index contributed by atoms with van der Waals surface area (Å²) in [6.45, 7) is 1.77. The Morgan fingerprint density at radius 2 is 1.31 bits per heavy atom. The van der Waals surface area contributed by atoms with E-state index < -0.39 is 0 Å². The maximum absolute atomic E-state index is 6.41. The zero-order valence-electron chi connectivity index (χ0n) is 22.7. The van der Waals surface area contributed by atoms with Crippen LogP contribution in [0.4, 0.5) is 0 Å². The molecule has 0 bridgehead atoms. The molecule has 6 heteroatoms. The standard InChI is InChI=1S/C33H35NO5/c1-35-29-15-14-25(19-30(29)38-21-23-10-6-4-7-11-23)18-28-27-20-31(36-2)33(37-3)32(26(27)16-17-34-28)39-22-24-12-8-5-9-13-24/h4-15,19-20,28,34H,16-18,21-22H2,1-3H3. The van der Waals surface area contributed by atoms with Gasteiger partial charge in [0.05, 0.1) is 21.3 Å². The van der Waals surface area contributed by atoms with Gasteiger partial charge in [-0.25, -0.2) is 0 Å². The van der Waals surface area contributed by atoms with E-state index in [1.54, 1.807) is 21.3 Å². The Kier molecular flexibility index (Phi) is 8.54. The Bertz CT molecular complexity index is 1370. The number of hydrogen-bond donors (Lipinski definition) is 1. The average molecular weight is 526 g/mol. The lowest BCUT2D eigenvalue weighted by atomic mass is 9.89. The second-order valence-corrected chi connectivity index (χ2v) is 9.50. The summed E-state index contributed by atoms with van der Waals surface area (Å²) in [5, 5.41) is 3.70. The first-order chi connectivity index (χ1) is 19.2. The summed E-state index contributed by atoms with van der Waals surface area (Å²) < 4.78 is 29.7. The van der Waals surface area contributed by atoms with E-state index >= 15 is 0 Å². The van der Waals surface area contributed by atoms with Crippen LogP contribution in [0.15, 0.2) is 84.9 Å². The highest BCUT2D eigenvalue weighted by molar-refractivity contribution is 5.61. The van der Waals surface area contributed by atoms with Crippen LogP contribution < -0.4 is 29.0 Å². The maximum Gasteiger partial charge on any atom is 0.203 e. The van der Waals surface area contributed by atoms with Crippen LogP contribution in [-0.2, 0) is 26.1 Å². The van der Waals surface area contributed by atoms with Gasteiger partial charge in [-0.15, -0.1) is 0 Å². The predicted octanol–water partition coefficient (Wildman–Crippen LogP) is 6.30. The van der Waals surface area contributed by atoms with E-state index in [0.29, 0.717) is 24.7 Å². The summed E-state index contributed by atoms with van der Waals surface area (Å²) in [5.74, 6) is 3.50. The molecule has 1 atom stereocenters. The van der Waals surface area contributed by atoms with E-state index in [2.05, 4.69) is 47.8 Å². The molecule has 5 rings (SSSR count). The maximum atomic E-state index is 6.41. The SMILES string of the molecule is COc1ccc(CC2NCCc3c2cc(OC)c(OC)c3OCc2ccccc2)cc1OCc1ccccc1. The molecule has 6 nitrogen and oxygen atoms in total. The molecule has 202 valence electrons. The normalized spacial score (nSPS) is 14.3. The molecule has 1 heterocycles. The third-order valence-electron chi connectivity index (χ3n) is 7.04. The van der Waals surface area contributed by atoms with E-state index in [0.717, 1.165) is 64.5 Å². The predicted molar refractivity (Wildman–Crippen MR) is 152 cm³/mol. The summed E-state index contributed by atoms with van der Waals surface area (Å²) in [7, 11) is 4.99. The zero-order valence-corrected chi connectivity index (χ0v) is 22.7. The Hall–Kier alpha value is -4.16. The molecule has 0 amide bonds. The van der Waals surface area contributed by atoms with Crippen molar-refractivity contribution < 1.29 is 23.7 Å². The van der Waals surface area contributed by atoms with Gasteiger partial charge in [0.1, 0.15) is 13.2 Å². The van der Waals surface area contributed by atoms with Crippen molar-refractivity contribution >= 4 is 0 Å². The number of nitrogens with one attached hydrogen (secondary N) is 1. The van der Waals surface area contributed by atoms with Gasteiger partial charge >= 0.3 is 0 Å². The molecule has 0 fully saturated rings. The van der Waals surface area contributed by atoms with Crippen molar-refractivity contribution in [3.8, 4) is 28.7 Å². The molecule has 1 aliphatic heterocycles. The lowest BCUT2D eigenvalue weighted by molar-refractivity contribution is 0.269. The molecule has 0 aliphatic carbocycles. The van der Waals surface area contributed by atoms with E-state index in [4.69, 9.17) is 23.7 Å².